The Bertz CT molecular complexity index is 1020. The first-order chi connectivity index (χ1) is 11.2. The van der Waals surface area contributed by atoms with Crippen molar-refractivity contribution in [1.82, 2.24) is 14.5 Å². The van der Waals surface area contributed by atoms with E-state index in [1.165, 1.54) is 10.9 Å². The highest BCUT2D eigenvalue weighted by molar-refractivity contribution is 6.32. The molecule has 3 nitrogen and oxygen atoms in total. The number of hydrogen-bond acceptors (Lipinski definition) is 2. The Labute approximate surface area is 139 Å². The van der Waals surface area contributed by atoms with Crippen molar-refractivity contribution in [2.75, 3.05) is 0 Å². The molecule has 114 valence electrons. The molecule has 0 saturated heterocycles. The third kappa shape index (κ3) is 2.20. The molecule has 0 spiro atoms. The third-order valence-electron chi connectivity index (χ3n) is 4.26. The van der Waals surface area contributed by atoms with E-state index in [1.807, 2.05) is 43.7 Å². The molecule has 1 aromatic carbocycles. The lowest BCUT2D eigenvalue weighted by Gasteiger charge is -2.10. The summed E-state index contributed by atoms with van der Waals surface area (Å²) in [6.45, 7) is 5.02. The highest BCUT2D eigenvalue weighted by atomic mass is 35.5. The van der Waals surface area contributed by atoms with Crippen LogP contribution in [0.1, 0.15) is 12.6 Å². The molecule has 3 heterocycles. The van der Waals surface area contributed by atoms with Gasteiger partial charge in [-0.1, -0.05) is 17.7 Å². The Morgan fingerprint density at radius 2 is 1.96 bits per heavy atom. The van der Waals surface area contributed by atoms with Crippen molar-refractivity contribution in [2.45, 2.75) is 20.4 Å². The van der Waals surface area contributed by atoms with Crippen LogP contribution in [0.2, 0.25) is 5.02 Å². The molecule has 4 rings (SSSR count). The van der Waals surface area contributed by atoms with E-state index in [2.05, 4.69) is 33.6 Å². The molecule has 3 aromatic heterocycles. The van der Waals surface area contributed by atoms with Crippen LogP contribution in [0.5, 0.6) is 0 Å². The fraction of sp³-hybridized carbons (Fsp3) is 0.158. The molecule has 4 aromatic rings. The molecular formula is C19H16ClN3. The minimum Gasteiger partial charge on any atom is -0.339 e. The quantitative estimate of drug-likeness (QED) is 0.506. The molecule has 0 aliphatic rings. The number of rotatable bonds is 2. The summed E-state index contributed by atoms with van der Waals surface area (Å²) in [6, 6.07) is 10.2. The van der Waals surface area contributed by atoms with Gasteiger partial charge in [-0.2, -0.15) is 0 Å². The molecule has 0 bridgehead atoms. The molecular weight excluding hydrogens is 306 g/mol. The van der Waals surface area contributed by atoms with Crippen LogP contribution in [-0.4, -0.2) is 14.5 Å². The summed E-state index contributed by atoms with van der Waals surface area (Å²) in [5, 5.41) is 3.08. The zero-order valence-electron chi connectivity index (χ0n) is 13.0. The first-order valence-corrected chi connectivity index (χ1v) is 8.05. The lowest BCUT2D eigenvalue weighted by Crippen LogP contribution is -1.95. The van der Waals surface area contributed by atoms with Gasteiger partial charge < -0.3 is 4.57 Å². The minimum absolute atomic E-state index is 0.736. The molecule has 0 amide bonds. The molecule has 0 radical (unpaired) electrons. The molecule has 0 aliphatic heterocycles. The fourth-order valence-electron chi connectivity index (χ4n) is 3.22. The lowest BCUT2D eigenvalue weighted by atomic mass is 10.0. The summed E-state index contributed by atoms with van der Waals surface area (Å²) in [4.78, 5) is 8.72. The van der Waals surface area contributed by atoms with Gasteiger partial charge in [-0.25, -0.2) is 0 Å². The summed E-state index contributed by atoms with van der Waals surface area (Å²) in [5.41, 5.74) is 5.51. The number of pyridine rings is 2. The standard InChI is InChI=1S/C19H16ClN3/c1-3-23-18-11-21-7-6-15(18)17-9-14(20)8-16(19(17)23)13-5-4-12(2)22-10-13/h4-11H,3H2,1-2H3. The van der Waals surface area contributed by atoms with E-state index in [0.29, 0.717) is 0 Å². The van der Waals surface area contributed by atoms with Gasteiger partial charge in [0, 0.05) is 51.6 Å². The van der Waals surface area contributed by atoms with Crippen LogP contribution in [0.3, 0.4) is 0 Å². The van der Waals surface area contributed by atoms with Crippen molar-refractivity contribution < 1.29 is 0 Å². The van der Waals surface area contributed by atoms with Gasteiger partial charge in [0.05, 0.1) is 17.2 Å². The predicted octanol–water partition coefficient (Wildman–Crippen LogP) is 5.23. The number of aromatic nitrogens is 3. The smallest absolute Gasteiger partial charge is 0.0677 e. The highest BCUT2D eigenvalue weighted by Gasteiger charge is 2.15. The van der Waals surface area contributed by atoms with Gasteiger partial charge in [0.25, 0.3) is 0 Å². The van der Waals surface area contributed by atoms with Crippen LogP contribution < -0.4 is 0 Å². The maximum absolute atomic E-state index is 6.41. The first kappa shape index (κ1) is 14.2. The van der Waals surface area contributed by atoms with Crippen LogP contribution in [0, 0.1) is 6.92 Å². The monoisotopic (exact) mass is 321 g/mol. The summed E-state index contributed by atoms with van der Waals surface area (Å²) in [5.74, 6) is 0. The molecule has 0 aliphatic carbocycles. The van der Waals surface area contributed by atoms with E-state index < -0.39 is 0 Å². The van der Waals surface area contributed by atoms with Crippen LogP contribution in [-0.2, 0) is 6.54 Å². The first-order valence-electron chi connectivity index (χ1n) is 7.67. The van der Waals surface area contributed by atoms with E-state index in [0.717, 1.165) is 39.3 Å². The van der Waals surface area contributed by atoms with Crippen molar-refractivity contribution in [3.8, 4) is 11.1 Å². The van der Waals surface area contributed by atoms with Gasteiger partial charge in [-0.15, -0.1) is 0 Å². The topological polar surface area (TPSA) is 30.7 Å². The number of halogens is 1. The molecule has 0 fully saturated rings. The average Bonchev–Trinajstić information content (AvgIpc) is 2.88. The van der Waals surface area contributed by atoms with Crippen molar-refractivity contribution in [1.29, 1.82) is 0 Å². The van der Waals surface area contributed by atoms with E-state index in [-0.39, 0.29) is 0 Å². The molecule has 4 heteroatoms. The summed E-state index contributed by atoms with van der Waals surface area (Å²) < 4.78 is 2.29. The lowest BCUT2D eigenvalue weighted by molar-refractivity contribution is 0.826. The number of hydrogen-bond donors (Lipinski definition) is 0. The van der Waals surface area contributed by atoms with Gasteiger partial charge in [0.2, 0.25) is 0 Å². The van der Waals surface area contributed by atoms with Gasteiger partial charge in [-0.05, 0) is 38.1 Å². The average molecular weight is 322 g/mol. The molecule has 0 unspecified atom stereocenters. The van der Waals surface area contributed by atoms with Gasteiger partial charge in [-0.3, -0.25) is 9.97 Å². The van der Waals surface area contributed by atoms with E-state index >= 15 is 0 Å². The van der Waals surface area contributed by atoms with Gasteiger partial charge >= 0.3 is 0 Å². The number of aryl methyl sites for hydroxylation is 2. The van der Waals surface area contributed by atoms with Crippen molar-refractivity contribution in [3.63, 3.8) is 0 Å². The fourth-order valence-corrected chi connectivity index (χ4v) is 3.44. The predicted molar refractivity (Wildman–Crippen MR) is 95.9 cm³/mol. The van der Waals surface area contributed by atoms with Crippen molar-refractivity contribution in [2.24, 2.45) is 0 Å². The zero-order valence-corrected chi connectivity index (χ0v) is 13.8. The van der Waals surface area contributed by atoms with E-state index in [4.69, 9.17) is 11.6 Å². The summed E-state index contributed by atoms with van der Waals surface area (Å²) in [6.07, 6.45) is 5.66. The van der Waals surface area contributed by atoms with Crippen LogP contribution in [0.15, 0.2) is 48.9 Å². The molecule has 0 saturated carbocycles. The van der Waals surface area contributed by atoms with Gasteiger partial charge in [0.1, 0.15) is 0 Å². The maximum Gasteiger partial charge on any atom is 0.0677 e. The highest BCUT2D eigenvalue weighted by Crippen LogP contribution is 2.37. The molecule has 0 atom stereocenters. The Morgan fingerprint density at radius 1 is 1.09 bits per heavy atom. The SMILES string of the molecule is CCn1c2cnccc2c2cc(Cl)cc(-c3ccc(C)nc3)c21. The second kappa shape index (κ2) is 5.36. The number of fused-ring (bicyclic) bond motifs is 3. The van der Waals surface area contributed by atoms with E-state index in [9.17, 15) is 0 Å². The van der Waals surface area contributed by atoms with Crippen LogP contribution >= 0.6 is 11.6 Å². The zero-order chi connectivity index (χ0) is 16.0. The second-order valence-electron chi connectivity index (χ2n) is 5.67. The molecule has 0 N–H and O–H groups in total. The van der Waals surface area contributed by atoms with Crippen molar-refractivity contribution >= 4 is 33.4 Å². The Balaban J connectivity index is 2.17. The molecule has 23 heavy (non-hydrogen) atoms. The second-order valence-corrected chi connectivity index (χ2v) is 6.11. The van der Waals surface area contributed by atoms with Crippen LogP contribution in [0.25, 0.3) is 32.9 Å². The number of nitrogens with zero attached hydrogens (tertiary/aromatic N) is 3. The van der Waals surface area contributed by atoms with Crippen molar-refractivity contribution in [3.05, 3.63) is 59.6 Å². The Kier molecular flexibility index (Phi) is 3.31. The maximum atomic E-state index is 6.41. The number of benzene rings is 1. The normalized spacial score (nSPS) is 11.4. The van der Waals surface area contributed by atoms with E-state index in [1.54, 1.807) is 0 Å². The Morgan fingerprint density at radius 3 is 2.70 bits per heavy atom. The summed E-state index contributed by atoms with van der Waals surface area (Å²) >= 11 is 6.41. The van der Waals surface area contributed by atoms with Gasteiger partial charge in [0.15, 0.2) is 0 Å². The summed E-state index contributed by atoms with van der Waals surface area (Å²) in [7, 11) is 0. The third-order valence-corrected chi connectivity index (χ3v) is 4.48. The largest absolute Gasteiger partial charge is 0.339 e. The Hall–Kier alpha value is -2.39. The van der Waals surface area contributed by atoms with Crippen LogP contribution in [0.4, 0.5) is 0 Å². The minimum atomic E-state index is 0.736.